The predicted molar refractivity (Wildman–Crippen MR) is 111 cm³/mol. The van der Waals surface area contributed by atoms with Crippen LogP contribution in [-0.4, -0.2) is 17.1 Å². The summed E-state index contributed by atoms with van der Waals surface area (Å²) in [5.74, 6) is -0.513. The molecule has 4 heteroatoms. The van der Waals surface area contributed by atoms with E-state index in [9.17, 15) is 9.18 Å². The van der Waals surface area contributed by atoms with Gasteiger partial charge >= 0.3 is 5.97 Å². The number of fused-ring (bicyclic) bond motifs is 3. The Labute approximate surface area is 168 Å². The zero-order valence-corrected chi connectivity index (χ0v) is 15.8. The van der Waals surface area contributed by atoms with Gasteiger partial charge in [-0.15, -0.1) is 0 Å². The molecular formula is C25H20FNO2. The van der Waals surface area contributed by atoms with Crippen LogP contribution in [0.4, 0.5) is 4.39 Å². The molecule has 0 spiro atoms. The van der Waals surface area contributed by atoms with Crippen LogP contribution in [-0.2, 0) is 17.6 Å². The molecule has 0 aliphatic heterocycles. The second kappa shape index (κ2) is 7.21. The molecule has 1 N–H and O–H groups in total. The Morgan fingerprint density at radius 3 is 2.55 bits per heavy atom. The molecule has 5 rings (SSSR count). The van der Waals surface area contributed by atoms with Gasteiger partial charge in [-0.3, -0.25) is 0 Å². The van der Waals surface area contributed by atoms with Gasteiger partial charge in [-0.25, -0.2) is 9.18 Å². The van der Waals surface area contributed by atoms with Crippen molar-refractivity contribution in [3.05, 3.63) is 95.4 Å². The summed E-state index contributed by atoms with van der Waals surface area (Å²) >= 11 is 0. The van der Waals surface area contributed by atoms with Crippen LogP contribution in [0.1, 0.15) is 28.0 Å². The number of benzene rings is 3. The van der Waals surface area contributed by atoms with E-state index in [1.807, 2.05) is 30.3 Å². The second-order valence-electron chi connectivity index (χ2n) is 7.45. The molecule has 0 saturated carbocycles. The summed E-state index contributed by atoms with van der Waals surface area (Å²) in [5.41, 5.74) is 6.06. The molecular weight excluding hydrogens is 365 g/mol. The van der Waals surface area contributed by atoms with E-state index in [1.165, 1.54) is 23.4 Å². The first-order chi connectivity index (χ1) is 14.2. The van der Waals surface area contributed by atoms with Crippen LogP contribution in [0.15, 0.2) is 72.8 Å². The fourth-order valence-corrected chi connectivity index (χ4v) is 4.17. The maximum Gasteiger partial charge on any atom is 0.338 e. The lowest BCUT2D eigenvalue weighted by Gasteiger charge is -2.22. The predicted octanol–water partition coefficient (Wildman–Crippen LogP) is 5.69. The molecule has 1 heterocycles. The van der Waals surface area contributed by atoms with Gasteiger partial charge in [-0.05, 0) is 48.2 Å². The summed E-state index contributed by atoms with van der Waals surface area (Å²) in [6, 6.07) is 21.8. The van der Waals surface area contributed by atoms with Crippen molar-refractivity contribution in [1.82, 2.24) is 4.98 Å². The SMILES string of the molecule is O=C(OC1CCc2[nH]c3c(-c4ccc(F)cc4)cccc3c2C1)c1ccccc1. The molecule has 0 radical (unpaired) electrons. The summed E-state index contributed by atoms with van der Waals surface area (Å²) in [6.07, 6.45) is 2.19. The summed E-state index contributed by atoms with van der Waals surface area (Å²) < 4.78 is 19.1. The molecule has 1 aromatic heterocycles. The number of rotatable bonds is 3. The Kier molecular flexibility index (Phi) is 4.39. The number of H-pyrrole nitrogens is 1. The minimum absolute atomic E-state index is 0.135. The smallest absolute Gasteiger partial charge is 0.338 e. The number of hydrogen-bond acceptors (Lipinski definition) is 2. The molecule has 1 atom stereocenters. The number of aromatic nitrogens is 1. The summed E-state index contributed by atoms with van der Waals surface area (Å²) in [5, 5.41) is 1.14. The standard InChI is InChI=1S/C25H20FNO2/c26-18-11-9-16(10-12-18)20-7-4-8-21-22-15-19(13-14-23(22)27-24(20)21)29-25(28)17-5-2-1-3-6-17/h1-12,19,27H,13-15H2. The van der Waals surface area contributed by atoms with Crippen LogP contribution < -0.4 is 0 Å². The maximum atomic E-state index is 13.3. The van der Waals surface area contributed by atoms with E-state index in [-0.39, 0.29) is 17.9 Å². The normalized spacial score (nSPS) is 15.8. The van der Waals surface area contributed by atoms with Gasteiger partial charge in [-0.2, -0.15) is 0 Å². The van der Waals surface area contributed by atoms with Crippen LogP contribution in [0, 0.1) is 5.82 Å². The Hall–Kier alpha value is -3.40. The highest BCUT2D eigenvalue weighted by molar-refractivity contribution is 5.97. The quantitative estimate of drug-likeness (QED) is 0.461. The number of carbonyl (C=O) groups is 1. The molecule has 1 unspecified atom stereocenters. The molecule has 4 aromatic rings. The van der Waals surface area contributed by atoms with Crippen molar-refractivity contribution >= 4 is 16.9 Å². The Morgan fingerprint density at radius 1 is 0.966 bits per heavy atom. The highest BCUT2D eigenvalue weighted by atomic mass is 19.1. The maximum absolute atomic E-state index is 13.3. The number of carbonyl (C=O) groups excluding carboxylic acids is 1. The van der Waals surface area contributed by atoms with Gasteiger partial charge in [0, 0.05) is 23.1 Å². The van der Waals surface area contributed by atoms with Crippen molar-refractivity contribution in [2.45, 2.75) is 25.4 Å². The van der Waals surface area contributed by atoms with Crippen molar-refractivity contribution < 1.29 is 13.9 Å². The van der Waals surface area contributed by atoms with E-state index in [4.69, 9.17) is 4.74 Å². The van der Waals surface area contributed by atoms with E-state index < -0.39 is 0 Å². The Bertz CT molecular complexity index is 1180. The first-order valence-corrected chi connectivity index (χ1v) is 9.83. The lowest BCUT2D eigenvalue weighted by atomic mass is 9.92. The molecule has 29 heavy (non-hydrogen) atoms. The van der Waals surface area contributed by atoms with E-state index in [1.54, 1.807) is 24.3 Å². The topological polar surface area (TPSA) is 42.1 Å². The van der Waals surface area contributed by atoms with Crippen LogP contribution in [0.2, 0.25) is 0 Å². The number of aromatic amines is 1. The van der Waals surface area contributed by atoms with E-state index in [0.29, 0.717) is 12.0 Å². The highest BCUT2D eigenvalue weighted by Gasteiger charge is 2.26. The third kappa shape index (κ3) is 3.31. The van der Waals surface area contributed by atoms with Gasteiger partial charge in [0.25, 0.3) is 0 Å². The zero-order valence-electron chi connectivity index (χ0n) is 15.8. The molecule has 1 aliphatic carbocycles. The van der Waals surface area contributed by atoms with Gasteiger partial charge in [0.1, 0.15) is 11.9 Å². The zero-order chi connectivity index (χ0) is 19.8. The van der Waals surface area contributed by atoms with Gasteiger partial charge < -0.3 is 9.72 Å². The summed E-state index contributed by atoms with van der Waals surface area (Å²) in [4.78, 5) is 16.0. The fourth-order valence-electron chi connectivity index (χ4n) is 4.17. The number of halogens is 1. The van der Waals surface area contributed by atoms with E-state index in [0.717, 1.165) is 34.9 Å². The Balaban J connectivity index is 1.45. The third-order valence-electron chi connectivity index (χ3n) is 5.62. The van der Waals surface area contributed by atoms with Crippen LogP contribution in [0.5, 0.6) is 0 Å². The fraction of sp³-hybridized carbons (Fsp3) is 0.160. The van der Waals surface area contributed by atoms with E-state index >= 15 is 0 Å². The highest BCUT2D eigenvalue weighted by Crippen LogP contribution is 2.35. The van der Waals surface area contributed by atoms with Gasteiger partial charge in [0.05, 0.1) is 11.1 Å². The average molecular weight is 385 g/mol. The van der Waals surface area contributed by atoms with Crippen LogP contribution >= 0.6 is 0 Å². The number of hydrogen-bond donors (Lipinski definition) is 1. The van der Waals surface area contributed by atoms with Gasteiger partial charge in [-0.1, -0.05) is 48.5 Å². The molecule has 0 bridgehead atoms. The van der Waals surface area contributed by atoms with Gasteiger partial charge in [0.2, 0.25) is 0 Å². The second-order valence-corrected chi connectivity index (χ2v) is 7.45. The number of esters is 1. The minimum Gasteiger partial charge on any atom is -0.458 e. The molecule has 144 valence electrons. The molecule has 0 fully saturated rings. The monoisotopic (exact) mass is 385 g/mol. The number of ether oxygens (including phenoxy) is 1. The summed E-state index contributed by atoms with van der Waals surface area (Å²) in [6.45, 7) is 0. The van der Waals surface area contributed by atoms with Gasteiger partial charge in [0.15, 0.2) is 0 Å². The largest absolute Gasteiger partial charge is 0.458 e. The van der Waals surface area contributed by atoms with E-state index in [2.05, 4.69) is 11.1 Å². The Morgan fingerprint density at radius 2 is 1.76 bits per heavy atom. The first kappa shape index (κ1) is 17.7. The molecule has 1 aliphatic rings. The van der Waals surface area contributed by atoms with Crippen LogP contribution in [0.25, 0.3) is 22.0 Å². The molecule has 0 amide bonds. The van der Waals surface area contributed by atoms with Crippen LogP contribution in [0.3, 0.4) is 0 Å². The molecule has 3 aromatic carbocycles. The average Bonchev–Trinajstić information content (AvgIpc) is 3.13. The summed E-state index contributed by atoms with van der Waals surface area (Å²) in [7, 11) is 0. The third-order valence-corrected chi connectivity index (χ3v) is 5.62. The first-order valence-electron chi connectivity index (χ1n) is 9.83. The lowest BCUT2D eigenvalue weighted by Crippen LogP contribution is -2.25. The number of para-hydroxylation sites is 1. The van der Waals surface area contributed by atoms with Crippen molar-refractivity contribution in [3.8, 4) is 11.1 Å². The van der Waals surface area contributed by atoms with Crippen molar-refractivity contribution in [2.24, 2.45) is 0 Å². The van der Waals surface area contributed by atoms with Crippen molar-refractivity contribution in [2.75, 3.05) is 0 Å². The minimum atomic E-state index is -0.272. The lowest BCUT2D eigenvalue weighted by molar-refractivity contribution is 0.0271. The number of aryl methyl sites for hydroxylation is 1. The number of nitrogens with one attached hydrogen (secondary N) is 1. The molecule has 0 saturated heterocycles. The van der Waals surface area contributed by atoms with Crippen molar-refractivity contribution in [1.29, 1.82) is 0 Å². The van der Waals surface area contributed by atoms with Crippen molar-refractivity contribution in [3.63, 3.8) is 0 Å². The molecule has 3 nitrogen and oxygen atoms in total.